The summed E-state index contributed by atoms with van der Waals surface area (Å²) < 4.78 is 5.35. The number of hydrogen-bond donors (Lipinski definition) is 2. The lowest BCUT2D eigenvalue weighted by molar-refractivity contribution is -0.124. The lowest BCUT2D eigenvalue weighted by atomic mass is 9.48. The number of pyridine rings is 1. The molecule has 0 radical (unpaired) electrons. The molecular weight excluding hydrogens is 410 g/mol. The highest BCUT2D eigenvalue weighted by atomic mass is 16.5. The highest BCUT2D eigenvalue weighted by Crippen LogP contribution is 2.65. The van der Waals surface area contributed by atoms with Gasteiger partial charge >= 0.3 is 0 Å². The molecular formula is C28H41N3O2. The van der Waals surface area contributed by atoms with Crippen molar-refractivity contribution >= 4 is 5.82 Å². The van der Waals surface area contributed by atoms with E-state index in [1.807, 2.05) is 12.1 Å². The predicted octanol–water partition coefficient (Wildman–Crippen LogP) is 5.40. The Kier molecular flexibility index (Phi) is 6.20. The van der Waals surface area contributed by atoms with E-state index in [2.05, 4.69) is 30.2 Å². The second-order valence-electron chi connectivity index (χ2n) is 12.0. The molecule has 33 heavy (non-hydrogen) atoms. The van der Waals surface area contributed by atoms with Gasteiger partial charge < -0.3 is 15.2 Å². The molecule has 0 amide bonds. The molecule has 2 N–H and O–H groups in total. The monoisotopic (exact) mass is 451 g/mol. The number of nitriles is 1. The van der Waals surface area contributed by atoms with Crippen LogP contribution in [-0.4, -0.2) is 35.5 Å². The number of fused-ring (bicyclic) bond motifs is 5. The van der Waals surface area contributed by atoms with Gasteiger partial charge in [0.1, 0.15) is 11.9 Å². The molecule has 0 bridgehead atoms. The van der Waals surface area contributed by atoms with Crippen molar-refractivity contribution in [2.45, 2.75) is 83.3 Å². The summed E-state index contributed by atoms with van der Waals surface area (Å²) in [5, 5.41) is 23.7. The minimum Gasteiger partial charge on any atom is -0.387 e. The Balaban J connectivity index is 1.27. The van der Waals surface area contributed by atoms with E-state index >= 15 is 0 Å². The van der Waals surface area contributed by atoms with Crippen molar-refractivity contribution in [1.29, 1.82) is 5.26 Å². The second-order valence-corrected chi connectivity index (χ2v) is 12.0. The summed E-state index contributed by atoms with van der Waals surface area (Å²) in [5.41, 5.74) is 0.419. The van der Waals surface area contributed by atoms with Crippen LogP contribution in [0.15, 0.2) is 18.3 Å². The highest BCUT2D eigenvalue weighted by molar-refractivity contribution is 5.40. The van der Waals surface area contributed by atoms with Crippen LogP contribution in [-0.2, 0) is 4.74 Å². The molecule has 1 aromatic heterocycles. The van der Waals surface area contributed by atoms with Crippen LogP contribution in [0.2, 0.25) is 0 Å². The third-order valence-electron chi connectivity index (χ3n) is 10.5. The average molecular weight is 452 g/mol. The van der Waals surface area contributed by atoms with Crippen molar-refractivity contribution in [2.75, 3.05) is 19.0 Å². The normalized spacial score (nSPS) is 43.0. The van der Waals surface area contributed by atoms with E-state index in [1.165, 1.54) is 44.9 Å². The van der Waals surface area contributed by atoms with Crippen molar-refractivity contribution in [3.05, 3.63) is 23.9 Å². The smallest absolute Gasteiger partial charge is 0.126 e. The number of nitrogens with one attached hydrogen (secondary N) is 1. The number of ether oxygens (including phenoxy) is 1. The molecule has 5 heteroatoms. The number of anilines is 1. The number of nitrogens with zero attached hydrogens (tertiary/aromatic N) is 2. The molecule has 4 saturated carbocycles. The van der Waals surface area contributed by atoms with Gasteiger partial charge in [-0.3, -0.25) is 0 Å². The Morgan fingerprint density at radius 1 is 1.15 bits per heavy atom. The Bertz CT molecular complexity index is 882. The Morgan fingerprint density at radius 3 is 2.70 bits per heavy atom. The maximum Gasteiger partial charge on any atom is 0.126 e. The number of aromatic nitrogens is 1. The summed E-state index contributed by atoms with van der Waals surface area (Å²) in [6.45, 7) is 5.41. The first-order chi connectivity index (χ1) is 15.9. The van der Waals surface area contributed by atoms with Gasteiger partial charge in [-0.1, -0.05) is 6.92 Å². The Morgan fingerprint density at radius 2 is 1.97 bits per heavy atom. The Labute approximate surface area is 199 Å². The van der Waals surface area contributed by atoms with Crippen molar-refractivity contribution < 1.29 is 9.84 Å². The molecule has 1 aromatic rings. The lowest BCUT2D eigenvalue weighted by Gasteiger charge is -2.57. The SMILES string of the molecule is COC[C@@]1(O)CC[C@H]2[C@H](CC[C@@H]3[C@@H]2CC[C@]2(C)C([C@@H](C)Nc4ccc(C#N)cn4)CC[C@@H]32)C1. The zero-order valence-corrected chi connectivity index (χ0v) is 20.6. The summed E-state index contributed by atoms with van der Waals surface area (Å²) in [5.74, 6) is 5.60. The van der Waals surface area contributed by atoms with Crippen LogP contribution in [0.5, 0.6) is 0 Å². The molecule has 0 spiro atoms. The van der Waals surface area contributed by atoms with Crippen LogP contribution in [0.25, 0.3) is 0 Å². The minimum absolute atomic E-state index is 0.382. The van der Waals surface area contributed by atoms with Gasteiger partial charge in [0.2, 0.25) is 0 Å². The molecule has 0 saturated heterocycles. The van der Waals surface area contributed by atoms with Crippen LogP contribution in [0.3, 0.4) is 0 Å². The Hall–Kier alpha value is -1.64. The molecule has 5 nitrogen and oxygen atoms in total. The van der Waals surface area contributed by atoms with Gasteiger partial charge in [0, 0.05) is 19.3 Å². The molecule has 9 atom stereocenters. The van der Waals surface area contributed by atoms with E-state index in [-0.39, 0.29) is 0 Å². The quantitative estimate of drug-likeness (QED) is 0.627. The minimum atomic E-state index is -0.592. The van der Waals surface area contributed by atoms with Gasteiger partial charge in [-0.25, -0.2) is 4.98 Å². The molecule has 0 aromatic carbocycles. The van der Waals surface area contributed by atoms with Gasteiger partial charge in [-0.2, -0.15) is 5.26 Å². The molecule has 180 valence electrons. The van der Waals surface area contributed by atoms with E-state index in [0.717, 1.165) is 42.3 Å². The van der Waals surface area contributed by atoms with Crippen molar-refractivity contribution in [1.82, 2.24) is 4.98 Å². The fourth-order valence-electron chi connectivity index (χ4n) is 9.10. The first-order valence-corrected chi connectivity index (χ1v) is 13.2. The third kappa shape index (κ3) is 4.08. The summed E-state index contributed by atoms with van der Waals surface area (Å²) in [4.78, 5) is 4.46. The van der Waals surface area contributed by atoms with E-state index < -0.39 is 5.60 Å². The first kappa shape index (κ1) is 23.1. The first-order valence-electron chi connectivity index (χ1n) is 13.2. The summed E-state index contributed by atoms with van der Waals surface area (Å²) in [6, 6.07) is 6.32. The lowest BCUT2D eigenvalue weighted by Crippen LogP contribution is -2.52. The maximum atomic E-state index is 11.0. The summed E-state index contributed by atoms with van der Waals surface area (Å²) in [6.07, 6.45) is 12.7. The predicted molar refractivity (Wildman–Crippen MR) is 129 cm³/mol. The molecule has 4 fully saturated rings. The zero-order chi connectivity index (χ0) is 23.2. The van der Waals surface area contributed by atoms with E-state index in [1.54, 1.807) is 13.3 Å². The molecule has 4 aliphatic rings. The molecule has 5 rings (SSSR count). The summed E-state index contributed by atoms with van der Waals surface area (Å²) in [7, 11) is 1.71. The number of rotatable bonds is 5. The van der Waals surface area contributed by atoms with E-state index in [9.17, 15) is 5.11 Å². The van der Waals surface area contributed by atoms with Crippen LogP contribution >= 0.6 is 0 Å². The van der Waals surface area contributed by atoms with Crippen molar-refractivity contribution in [2.24, 2.45) is 40.9 Å². The summed E-state index contributed by atoms with van der Waals surface area (Å²) >= 11 is 0. The number of hydrogen-bond acceptors (Lipinski definition) is 5. The van der Waals surface area contributed by atoms with Crippen molar-refractivity contribution in [3.63, 3.8) is 0 Å². The van der Waals surface area contributed by atoms with Gasteiger partial charge in [0.15, 0.2) is 0 Å². The van der Waals surface area contributed by atoms with Gasteiger partial charge in [0.25, 0.3) is 0 Å². The number of methoxy groups -OCH3 is 1. The zero-order valence-electron chi connectivity index (χ0n) is 20.6. The highest BCUT2D eigenvalue weighted by Gasteiger charge is 2.58. The number of aliphatic hydroxyl groups is 1. The topological polar surface area (TPSA) is 78.2 Å². The van der Waals surface area contributed by atoms with Gasteiger partial charge in [0.05, 0.1) is 17.8 Å². The van der Waals surface area contributed by atoms with Crippen LogP contribution in [0.4, 0.5) is 5.82 Å². The van der Waals surface area contributed by atoms with Crippen LogP contribution in [0.1, 0.15) is 77.2 Å². The van der Waals surface area contributed by atoms with E-state index in [0.29, 0.717) is 35.5 Å². The van der Waals surface area contributed by atoms with Gasteiger partial charge in [-0.15, -0.1) is 0 Å². The third-order valence-corrected chi connectivity index (χ3v) is 10.5. The fraction of sp³-hybridized carbons (Fsp3) is 0.786. The molecule has 4 aliphatic carbocycles. The molecule has 0 aliphatic heterocycles. The standard InChI is InChI=1S/C28H41N3O2/c1-18(31-26-9-4-19(15-29)16-30-26)24-7-8-25-23-6-5-20-14-28(32,17-33-3)13-11-21(20)22(23)10-12-27(24,25)2/h4,9,16,18,20-25,32H,5-8,10-14,17H2,1-3H3,(H,30,31)/t18-,20-,21+,22-,23-,24?,25+,27-,28-/m1/s1. The largest absolute Gasteiger partial charge is 0.387 e. The fourth-order valence-corrected chi connectivity index (χ4v) is 9.10. The average Bonchev–Trinajstić information content (AvgIpc) is 3.16. The molecule has 1 heterocycles. The van der Waals surface area contributed by atoms with Crippen LogP contribution in [0, 0.1) is 52.3 Å². The maximum absolute atomic E-state index is 11.0. The van der Waals surface area contributed by atoms with E-state index in [4.69, 9.17) is 10.00 Å². The van der Waals surface area contributed by atoms with Crippen LogP contribution < -0.4 is 5.32 Å². The second kappa shape index (κ2) is 8.86. The van der Waals surface area contributed by atoms with Crippen molar-refractivity contribution in [3.8, 4) is 6.07 Å². The van der Waals surface area contributed by atoms with Gasteiger partial charge in [-0.05, 0) is 118 Å². The molecule has 1 unspecified atom stereocenters.